The Morgan fingerprint density at radius 2 is 2.00 bits per heavy atom. The summed E-state index contributed by atoms with van der Waals surface area (Å²) in [4.78, 5) is 15.4. The van der Waals surface area contributed by atoms with Gasteiger partial charge in [0.2, 0.25) is 0 Å². The molecular weight excluding hydrogens is 204 g/mol. The third-order valence-corrected chi connectivity index (χ3v) is 2.91. The summed E-state index contributed by atoms with van der Waals surface area (Å²) in [5, 5.41) is 9.14. The van der Waals surface area contributed by atoms with Crippen molar-refractivity contribution in [3.8, 4) is 0 Å². The number of fused-ring (bicyclic) bond motifs is 1. The standard InChI is InChI=1S/C9H16N2.C3H4O2/c1-2-5-9-10-6-4-8-11(9)7-3-1;1-2-3(4)5/h1-8H2;2H,1H2,(H,4,5). The van der Waals surface area contributed by atoms with E-state index in [9.17, 15) is 0 Å². The fourth-order valence-corrected chi connectivity index (χ4v) is 2.10. The maximum Gasteiger partial charge on any atom is 0.196 e. The molecule has 0 aromatic rings. The normalized spacial score (nSPS) is 24.0. The first-order valence-corrected chi connectivity index (χ1v) is 5.96. The zero-order valence-corrected chi connectivity index (χ0v) is 9.71. The van der Waals surface area contributed by atoms with E-state index in [0.717, 1.165) is 12.6 Å². The van der Waals surface area contributed by atoms with Crippen LogP contribution in [0.25, 0.3) is 0 Å². The zero-order valence-electron chi connectivity index (χ0n) is 9.71. The molecule has 0 aliphatic carbocycles. The Balaban J connectivity index is 0.000000221. The number of amidine groups is 1. The van der Waals surface area contributed by atoms with Crippen molar-refractivity contribution in [2.75, 3.05) is 19.6 Å². The molecule has 1 N–H and O–H groups in total. The molecule has 2 rings (SSSR count). The molecule has 0 amide bonds. The number of nitrogens with one attached hydrogen (secondary N) is 1. The predicted octanol–water partition coefficient (Wildman–Crippen LogP) is -0.830. The summed E-state index contributed by atoms with van der Waals surface area (Å²) in [6.07, 6.45) is 7.51. The molecule has 2 heterocycles. The fraction of sp³-hybridized carbons (Fsp3) is 0.667. The Kier molecular flexibility index (Phi) is 5.78. The monoisotopic (exact) mass is 224 g/mol. The van der Waals surface area contributed by atoms with Crippen molar-refractivity contribution in [2.45, 2.75) is 32.1 Å². The highest BCUT2D eigenvalue weighted by atomic mass is 16.4. The molecule has 2 aliphatic heterocycles. The molecule has 1 saturated heterocycles. The molecule has 1 atom stereocenters. The van der Waals surface area contributed by atoms with Gasteiger partial charge in [0.15, 0.2) is 5.84 Å². The van der Waals surface area contributed by atoms with Gasteiger partial charge in [0, 0.05) is 19.4 Å². The summed E-state index contributed by atoms with van der Waals surface area (Å²) in [5.74, 6) is 0.249. The summed E-state index contributed by atoms with van der Waals surface area (Å²) in [7, 11) is 0. The highest BCUT2D eigenvalue weighted by Crippen LogP contribution is 2.03. The van der Waals surface area contributed by atoms with E-state index in [-0.39, 0.29) is 0 Å². The van der Waals surface area contributed by atoms with Crippen LogP contribution in [-0.4, -0.2) is 31.4 Å². The number of aliphatic imine (C=N–C) groups is 1. The summed E-state index contributed by atoms with van der Waals surface area (Å²) in [6, 6.07) is 0. The minimum Gasteiger partial charge on any atom is -0.545 e. The van der Waals surface area contributed by atoms with Gasteiger partial charge in [-0.15, -0.1) is 0 Å². The minimum atomic E-state index is -1.23. The number of carboxylic acids is 1. The number of hydrogen-bond donors (Lipinski definition) is 1. The second kappa shape index (κ2) is 7.17. The maximum absolute atomic E-state index is 9.14. The second-order valence-electron chi connectivity index (χ2n) is 4.12. The van der Waals surface area contributed by atoms with Gasteiger partial charge < -0.3 is 9.90 Å². The smallest absolute Gasteiger partial charge is 0.196 e. The largest absolute Gasteiger partial charge is 0.545 e. The van der Waals surface area contributed by atoms with Crippen molar-refractivity contribution in [3.05, 3.63) is 12.7 Å². The lowest BCUT2D eigenvalue weighted by molar-refractivity contribution is -0.809. The summed E-state index contributed by atoms with van der Waals surface area (Å²) in [6.45, 7) is 6.69. The van der Waals surface area contributed by atoms with E-state index in [4.69, 9.17) is 9.90 Å². The zero-order chi connectivity index (χ0) is 11.8. The number of nitrogens with zero attached hydrogens (tertiary/aromatic N) is 1. The lowest BCUT2D eigenvalue weighted by Crippen LogP contribution is -3.15. The Bertz CT molecular complexity index is 274. The second-order valence-corrected chi connectivity index (χ2v) is 4.12. The number of aliphatic carboxylic acids is 1. The molecule has 0 spiro atoms. The lowest BCUT2D eigenvalue weighted by atomic mass is 10.2. The van der Waals surface area contributed by atoms with E-state index in [0.29, 0.717) is 0 Å². The van der Waals surface area contributed by atoms with Gasteiger partial charge in [-0.05, 0) is 25.3 Å². The number of carbonyl (C=O) groups excluding carboxylic acids is 1. The molecule has 1 fully saturated rings. The van der Waals surface area contributed by atoms with Crippen molar-refractivity contribution in [1.82, 2.24) is 0 Å². The highest BCUT2D eigenvalue weighted by Gasteiger charge is 2.21. The van der Waals surface area contributed by atoms with Gasteiger partial charge >= 0.3 is 0 Å². The first-order valence-electron chi connectivity index (χ1n) is 5.96. The van der Waals surface area contributed by atoms with Crippen molar-refractivity contribution in [1.29, 1.82) is 0 Å². The fourth-order valence-electron chi connectivity index (χ4n) is 2.10. The van der Waals surface area contributed by atoms with Gasteiger partial charge in [0.05, 0.1) is 19.1 Å². The van der Waals surface area contributed by atoms with E-state index in [1.807, 2.05) is 0 Å². The van der Waals surface area contributed by atoms with Crippen LogP contribution in [0.3, 0.4) is 0 Å². The Morgan fingerprint density at radius 1 is 1.31 bits per heavy atom. The molecule has 16 heavy (non-hydrogen) atoms. The SMILES string of the molecule is C1CCC2=NCCC[NH+]2CC1.C=CC(=O)[O-]. The molecule has 1 unspecified atom stereocenters. The van der Waals surface area contributed by atoms with Gasteiger partial charge in [-0.1, -0.05) is 6.58 Å². The van der Waals surface area contributed by atoms with Crippen LogP contribution in [0, 0.1) is 0 Å². The molecule has 4 nitrogen and oxygen atoms in total. The Hall–Kier alpha value is -1.16. The molecular formula is C12H20N2O2. The first-order chi connectivity index (χ1) is 7.74. The third kappa shape index (κ3) is 4.57. The molecule has 90 valence electrons. The molecule has 0 aromatic heterocycles. The van der Waals surface area contributed by atoms with Gasteiger partial charge in [0.1, 0.15) is 0 Å². The van der Waals surface area contributed by atoms with Crippen LogP contribution in [0.2, 0.25) is 0 Å². The molecule has 0 radical (unpaired) electrons. The van der Waals surface area contributed by atoms with Crippen LogP contribution >= 0.6 is 0 Å². The van der Waals surface area contributed by atoms with Crippen LogP contribution in [0.15, 0.2) is 17.6 Å². The van der Waals surface area contributed by atoms with Gasteiger partial charge in [-0.3, -0.25) is 4.90 Å². The van der Waals surface area contributed by atoms with Crippen molar-refractivity contribution < 1.29 is 14.8 Å². The van der Waals surface area contributed by atoms with E-state index in [1.165, 1.54) is 51.0 Å². The molecule has 2 aliphatic rings. The van der Waals surface area contributed by atoms with E-state index in [1.54, 1.807) is 4.90 Å². The van der Waals surface area contributed by atoms with Gasteiger partial charge in [0.25, 0.3) is 0 Å². The van der Waals surface area contributed by atoms with Crippen LogP contribution < -0.4 is 10.0 Å². The van der Waals surface area contributed by atoms with Crippen molar-refractivity contribution in [3.63, 3.8) is 0 Å². The highest BCUT2D eigenvalue weighted by molar-refractivity contribution is 5.76. The Labute approximate surface area is 96.7 Å². The van der Waals surface area contributed by atoms with Crippen LogP contribution in [0.5, 0.6) is 0 Å². The van der Waals surface area contributed by atoms with Gasteiger partial charge in [-0.2, -0.15) is 0 Å². The summed E-state index contributed by atoms with van der Waals surface area (Å²) >= 11 is 0. The third-order valence-electron chi connectivity index (χ3n) is 2.91. The number of rotatable bonds is 1. The molecule has 0 aromatic carbocycles. The lowest BCUT2D eigenvalue weighted by Gasteiger charge is -2.21. The topological polar surface area (TPSA) is 56.9 Å². The van der Waals surface area contributed by atoms with Crippen LogP contribution in [0.1, 0.15) is 32.1 Å². The van der Waals surface area contributed by atoms with E-state index in [2.05, 4.69) is 11.6 Å². The van der Waals surface area contributed by atoms with Gasteiger partial charge in [-0.25, -0.2) is 4.99 Å². The first kappa shape index (κ1) is 12.9. The molecule has 4 heteroatoms. The maximum atomic E-state index is 9.14. The van der Waals surface area contributed by atoms with E-state index < -0.39 is 5.97 Å². The average Bonchev–Trinajstić information content (AvgIpc) is 2.54. The molecule has 0 bridgehead atoms. The summed E-state index contributed by atoms with van der Waals surface area (Å²) < 4.78 is 0. The van der Waals surface area contributed by atoms with Crippen LogP contribution in [-0.2, 0) is 4.79 Å². The van der Waals surface area contributed by atoms with Crippen LogP contribution in [0.4, 0.5) is 0 Å². The number of carboxylic acid groups (broad SMARTS) is 1. The predicted molar refractivity (Wildman–Crippen MR) is 61.3 cm³/mol. The number of hydrogen-bond acceptors (Lipinski definition) is 3. The van der Waals surface area contributed by atoms with Crippen molar-refractivity contribution >= 4 is 11.8 Å². The average molecular weight is 224 g/mol. The number of carbonyl (C=O) groups is 1. The molecule has 0 saturated carbocycles. The quantitative estimate of drug-likeness (QED) is 0.591. The van der Waals surface area contributed by atoms with E-state index >= 15 is 0 Å². The number of quaternary nitrogens is 1. The Morgan fingerprint density at radius 3 is 2.69 bits per heavy atom. The summed E-state index contributed by atoms with van der Waals surface area (Å²) in [5.41, 5.74) is 0. The van der Waals surface area contributed by atoms with Crippen molar-refractivity contribution in [2.24, 2.45) is 4.99 Å². The minimum absolute atomic E-state index is 0.722.